The Morgan fingerprint density at radius 2 is 1.66 bits per heavy atom. The monoisotopic (exact) mass is 481 g/mol. The largest absolute Gasteiger partial charge is 0.339 e. The number of pyridine rings is 1. The zero-order chi connectivity index (χ0) is 23.9. The fourth-order valence-corrected chi connectivity index (χ4v) is 4.54. The average molecular weight is 482 g/mol. The molecule has 5 aromatic rings. The van der Waals surface area contributed by atoms with E-state index in [0.29, 0.717) is 29.8 Å². The van der Waals surface area contributed by atoms with Crippen LogP contribution < -0.4 is 4.90 Å². The summed E-state index contributed by atoms with van der Waals surface area (Å²) < 4.78 is 5.37. The first-order valence-corrected chi connectivity index (χ1v) is 12.2. The van der Waals surface area contributed by atoms with Crippen molar-refractivity contribution >= 4 is 22.4 Å². The van der Waals surface area contributed by atoms with Crippen LogP contribution in [0.5, 0.6) is 0 Å². The molecule has 0 aliphatic heterocycles. The minimum Gasteiger partial charge on any atom is -0.339 e. The van der Waals surface area contributed by atoms with Gasteiger partial charge in [0.15, 0.2) is 5.13 Å². The normalized spacial score (nSPS) is 10.9. The van der Waals surface area contributed by atoms with E-state index in [9.17, 15) is 4.79 Å². The molecule has 5 rings (SSSR count). The molecular formula is C27H23N5O2S. The van der Waals surface area contributed by atoms with Gasteiger partial charge in [-0.05, 0) is 24.1 Å². The molecule has 3 heterocycles. The molecule has 0 radical (unpaired) electrons. The molecule has 0 aliphatic carbocycles. The molecule has 0 saturated heterocycles. The number of thiazole rings is 1. The first-order chi connectivity index (χ1) is 17.3. The summed E-state index contributed by atoms with van der Waals surface area (Å²) in [6, 6.07) is 23.8. The smallest absolute Gasteiger partial charge is 0.229 e. The van der Waals surface area contributed by atoms with Crippen LogP contribution in [-0.4, -0.2) is 32.6 Å². The van der Waals surface area contributed by atoms with Crippen LogP contribution in [0.1, 0.15) is 17.9 Å². The lowest BCUT2D eigenvalue weighted by Crippen LogP contribution is -2.33. The fraction of sp³-hybridized carbons (Fsp3) is 0.148. The molecule has 7 nitrogen and oxygen atoms in total. The summed E-state index contributed by atoms with van der Waals surface area (Å²) in [7, 11) is 0. The Balaban J connectivity index is 1.31. The molecule has 8 heteroatoms. The predicted molar refractivity (Wildman–Crippen MR) is 136 cm³/mol. The van der Waals surface area contributed by atoms with Gasteiger partial charge in [-0.15, -0.1) is 11.3 Å². The Bertz CT molecular complexity index is 1370. The van der Waals surface area contributed by atoms with Crippen molar-refractivity contribution < 1.29 is 9.32 Å². The molecule has 35 heavy (non-hydrogen) atoms. The molecular weight excluding hydrogens is 458 g/mol. The van der Waals surface area contributed by atoms with Crippen molar-refractivity contribution in [2.24, 2.45) is 0 Å². The molecule has 174 valence electrons. The van der Waals surface area contributed by atoms with E-state index >= 15 is 0 Å². The molecule has 0 N–H and O–H groups in total. The van der Waals surface area contributed by atoms with E-state index in [1.165, 1.54) is 16.9 Å². The van der Waals surface area contributed by atoms with Crippen LogP contribution in [0.3, 0.4) is 0 Å². The Morgan fingerprint density at radius 1 is 0.886 bits per heavy atom. The lowest BCUT2D eigenvalue weighted by molar-refractivity contribution is -0.118. The number of benzene rings is 2. The SMILES string of the molecule is O=C(CCc1nc(-c2cccnc2)no1)N(CCc1ccccc1)c1nc(-c2ccccc2)cs1. The number of carbonyl (C=O) groups excluding carboxylic acids is 1. The van der Waals surface area contributed by atoms with Gasteiger partial charge in [0.1, 0.15) is 0 Å². The molecule has 0 saturated carbocycles. The van der Waals surface area contributed by atoms with E-state index < -0.39 is 0 Å². The van der Waals surface area contributed by atoms with E-state index in [1.807, 2.05) is 66.0 Å². The van der Waals surface area contributed by atoms with Crippen LogP contribution in [0.2, 0.25) is 0 Å². The summed E-state index contributed by atoms with van der Waals surface area (Å²) in [5.74, 6) is 0.856. The Kier molecular flexibility index (Phi) is 7.00. The summed E-state index contributed by atoms with van der Waals surface area (Å²) >= 11 is 1.47. The van der Waals surface area contributed by atoms with Gasteiger partial charge in [-0.25, -0.2) is 4.98 Å². The van der Waals surface area contributed by atoms with E-state index in [0.717, 1.165) is 23.2 Å². The highest BCUT2D eigenvalue weighted by Gasteiger charge is 2.21. The van der Waals surface area contributed by atoms with Crippen LogP contribution >= 0.6 is 11.3 Å². The molecule has 0 fully saturated rings. The summed E-state index contributed by atoms with van der Waals surface area (Å²) in [6.45, 7) is 0.537. The first kappa shape index (κ1) is 22.6. The van der Waals surface area contributed by atoms with Crippen molar-refractivity contribution in [2.75, 3.05) is 11.4 Å². The summed E-state index contributed by atoms with van der Waals surface area (Å²) in [5.41, 5.74) is 3.83. The van der Waals surface area contributed by atoms with Crippen LogP contribution in [-0.2, 0) is 17.6 Å². The number of aromatic nitrogens is 4. The third kappa shape index (κ3) is 5.67. The van der Waals surface area contributed by atoms with Gasteiger partial charge in [0.25, 0.3) is 0 Å². The summed E-state index contributed by atoms with van der Waals surface area (Å²) in [6.07, 6.45) is 4.69. The highest BCUT2D eigenvalue weighted by atomic mass is 32.1. The molecule has 0 aliphatic rings. The average Bonchev–Trinajstić information content (AvgIpc) is 3.60. The van der Waals surface area contributed by atoms with Crippen molar-refractivity contribution in [2.45, 2.75) is 19.3 Å². The number of anilines is 1. The van der Waals surface area contributed by atoms with Gasteiger partial charge in [-0.3, -0.25) is 14.7 Å². The molecule has 0 bridgehead atoms. The zero-order valence-corrected chi connectivity index (χ0v) is 19.8. The van der Waals surface area contributed by atoms with Crippen molar-refractivity contribution in [3.8, 4) is 22.6 Å². The van der Waals surface area contributed by atoms with Gasteiger partial charge in [-0.2, -0.15) is 4.98 Å². The first-order valence-electron chi connectivity index (χ1n) is 11.3. The number of aryl methyl sites for hydroxylation is 1. The standard InChI is InChI=1S/C27H23N5O2S/c33-25(14-13-24-30-26(31-34-24)22-12-7-16-28-18-22)32(17-15-20-8-3-1-4-9-20)27-29-23(19-35-27)21-10-5-2-6-11-21/h1-12,16,18-19H,13-15,17H2. The molecule has 3 aromatic heterocycles. The Hall–Kier alpha value is -4.17. The fourth-order valence-electron chi connectivity index (χ4n) is 3.66. The van der Waals surface area contributed by atoms with Crippen LogP contribution in [0.25, 0.3) is 22.6 Å². The van der Waals surface area contributed by atoms with Gasteiger partial charge in [0.05, 0.1) is 5.69 Å². The maximum atomic E-state index is 13.4. The van der Waals surface area contributed by atoms with E-state index in [1.54, 1.807) is 17.3 Å². The highest BCUT2D eigenvalue weighted by Crippen LogP contribution is 2.28. The van der Waals surface area contributed by atoms with Gasteiger partial charge >= 0.3 is 0 Å². The minimum absolute atomic E-state index is 0.0315. The third-order valence-electron chi connectivity index (χ3n) is 5.50. The number of carbonyl (C=O) groups is 1. The predicted octanol–water partition coefficient (Wildman–Crippen LogP) is 5.46. The van der Waals surface area contributed by atoms with Crippen molar-refractivity contribution in [3.63, 3.8) is 0 Å². The maximum Gasteiger partial charge on any atom is 0.229 e. The molecule has 1 amide bonds. The second kappa shape index (κ2) is 10.8. The van der Waals surface area contributed by atoms with Crippen molar-refractivity contribution in [1.82, 2.24) is 20.1 Å². The number of hydrogen-bond donors (Lipinski definition) is 0. The van der Waals surface area contributed by atoms with E-state index in [2.05, 4.69) is 27.3 Å². The minimum atomic E-state index is -0.0315. The lowest BCUT2D eigenvalue weighted by Gasteiger charge is -2.19. The summed E-state index contributed by atoms with van der Waals surface area (Å²) in [4.78, 5) is 28.4. The molecule has 2 aromatic carbocycles. The van der Waals surface area contributed by atoms with Crippen molar-refractivity contribution in [3.05, 3.63) is 102 Å². The number of amides is 1. The lowest BCUT2D eigenvalue weighted by atomic mass is 10.1. The Labute approximate surface area is 207 Å². The van der Waals surface area contributed by atoms with E-state index in [4.69, 9.17) is 9.51 Å². The van der Waals surface area contributed by atoms with Gasteiger partial charge in [-0.1, -0.05) is 65.8 Å². The number of rotatable bonds is 9. The van der Waals surface area contributed by atoms with Crippen LogP contribution in [0, 0.1) is 0 Å². The second-order valence-corrected chi connectivity index (χ2v) is 8.75. The topological polar surface area (TPSA) is 85.0 Å². The molecule has 0 unspecified atom stereocenters. The van der Waals surface area contributed by atoms with Gasteiger partial charge in [0, 0.05) is 48.3 Å². The van der Waals surface area contributed by atoms with E-state index in [-0.39, 0.29) is 12.3 Å². The quantitative estimate of drug-likeness (QED) is 0.278. The summed E-state index contributed by atoms with van der Waals surface area (Å²) in [5, 5.41) is 6.70. The molecule has 0 spiro atoms. The highest BCUT2D eigenvalue weighted by molar-refractivity contribution is 7.14. The van der Waals surface area contributed by atoms with Gasteiger partial charge in [0.2, 0.25) is 17.6 Å². The Morgan fingerprint density at radius 3 is 2.43 bits per heavy atom. The van der Waals surface area contributed by atoms with Crippen LogP contribution in [0.15, 0.2) is 95.1 Å². The van der Waals surface area contributed by atoms with Crippen molar-refractivity contribution in [1.29, 1.82) is 0 Å². The zero-order valence-electron chi connectivity index (χ0n) is 18.9. The second-order valence-electron chi connectivity index (χ2n) is 7.92. The van der Waals surface area contributed by atoms with Crippen LogP contribution in [0.4, 0.5) is 5.13 Å². The number of hydrogen-bond acceptors (Lipinski definition) is 7. The van der Waals surface area contributed by atoms with Gasteiger partial charge < -0.3 is 4.52 Å². The molecule has 0 atom stereocenters. The number of nitrogens with zero attached hydrogens (tertiary/aromatic N) is 5. The maximum absolute atomic E-state index is 13.4. The third-order valence-corrected chi connectivity index (χ3v) is 6.36.